The standard InChI is InChI=1S/C16H19N3O4S/c1-10-13-4-3-12(24(2,22)23)9-14(13)18-16(17-10)19-7-5-11(6-8-19)15(20)21/h3-4,9,11H,5-8H2,1-2H3,(H,20,21). The molecular formula is C16H19N3O4S. The van der Waals surface area contributed by atoms with E-state index in [0.717, 1.165) is 11.1 Å². The Hall–Kier alpha value is -2.22. The first-order valence-corrected chi connectivity index (χ1v) is 9.61. The average Bonchev–Trinajstić information content (AvgIpc) is 2.53. The number of carbonyl (C=O) groups is 1. The number of carboxylic acids is 1. The third-order valence-electron chi connectivity index (χ3n) is 4.40. The van der Waals surface area contributed by atoms with Crippen molar-refractivity contribution in [1.29, 1.82) is 0 Å². The number of benzene rings is 1. The lowest BCUT2D eigenvalue weighted by Crippen LogP contribution is -2.37. The number of anilines is 1. The molecule has 7 nitrogen and oxygen atoms in total. The molecule has 2 heterocycles. The minimum atomic E-state index is -3.30. The second-order valence-electron chi connectivity index (χ2n) is 6.16. The van der Waals surface area contributed by atoms with Crippen LogP contribution in [0.15, 0.2) is 23.1 Å². The van der Waals surface area contributed by atoms with Gasteiger partial charge in [0.25, 0.3) is 0 Å². The van der Waals surface area contributed by atoms with E-state index in [2.05, 4.69) is 9.97 Å². The Balaban J connectivity index is 1.96. The lowest BCUT2D eigenvalue weighted by Gasteiger charge is -2.30. The van der Waals surface area contributed by atoms with Crippen LogP contribution in [0.1, 0.15) is 18.5 Å². The van der Waals surface area contributed by atoms with Gasteiger partial charge >= 0.3 is 5.97 Å². The van der Waals surface area contributed by atoms with Crippen molar-refractivity contribution in [2.75, 3.05) is 24.2 Å². The lowest BCUT2D eigenvalue weighted by atomic mass is 9.97. The number of hydrogen-bond donors (Lipinski definition) is 1. The quantitative estimate of drug-likeness (QED) is 0.899. The summed E-state index contributed by atoms with van der Waals surface area (Å²) in [6.45, 7) is 3.01. The van der Waals surface area contributed by atoms with E-state index in [0.29, 0.717) is 37.4 Å². The molecule has 1 aromatic carbocycles. The Bertz CT molecular complexity index is 903. The number of piperidine rings is 1. The molecule has 1 aliphatic heterocycles. The number of hydrogen-bond acceptors (Lipinski definition) is 6. The van der Waals surface area contributed by atoms with E-state index in [1.807, 2.05) is 11.8 Å². The van der Waals surface area contributed by atoms with Gasteiger partial charge < -0.3 is 10.0 Å². The van der Waals surface area contributed by atoms with Gasteiger partial charge in [-0.3, -0.25) is 4.79 Å². The van der Waals surface area contributed by atoms with Crippen LogP contribution in [0.25, 0.3) is 10.9 Å². The predicted octanol–water partition coefficient (Wildman–Crippen LogP) is 1.64. The van der Waals surface area contributed by atoms with E-state index in [4.69, 9.17) is 5.11 Å². The fourth-order valence-corrected chi connectivity index (χ4v) is 3.59. The van der Waals surface area contributed by atoms with E-state index >= 15 is 0 Å². The number of carboxylic acid groups (broad SMARTS) is 1. The molecule has 0 amide bonds. The van der Waals surface area contributed by atoms with Crippen LogP contribution in [0, 0.1) is 12.8 Å². The second-order valence-corrected chi connectivity index (χ2v) is 8.18. The molecule has 1 aliphatic rings. The highest BCUT2D eigenvalue weighted by atomic mass is 32.2. The number of sulfone groups is 1. The summed E-state index contributed by atoms with van der Waals surface area (Å²) >= 11 is 0. The highest BCUT2D eigenvalue weighted by Crippen LogP contribution is 2.25. The van der Waals surface area contributed by atoms with Crippen LogP contribution < -0.4 is 4.90 Å². The molecule has 1 fully saturated rings. The van der Waals surface area contributed by atoms with Crippen molar-refractivity contribution in [3.05, 3.63) is 23.9 Å². The summed E-state index contributed by atoms with van der Waals surface area (Å²) in [5, 5.41) is 9.89. The molecule has 2 aromatic rings. The molecule has 128 valence electrons. The van der Waals surface area contributed by atoms with Crippen molar-refractivity contribution in [3.63, 3.8) is 0 Å². The minimum absolute atomic E-state index is 0.226. The normalized spacial score (nSPS) is 16.5. The van der Waals surface area contributed by atoms with Crippen molar-refractivity contribution in [3.8, 4) is 0 Å². The van der Waals surface area contributed by atoms with Gasteiger partial charge in [-0.05, 0) is 38.0 Å². The molecule has 8 heteroatoms. The summed E-state index contributed by atoms with van der Waals surface area (Å²) in [5.74, 6) is -0.558. The van der Waals surface area contributed by atoms with Crippen LogP contribution >= 0.6 is 0 Å². The molecule has 0 bridgehead atoms. The fraction of sp³-hybridized carbons (Fsp3) is 0.438. The monoisotopic (exact) mass is 349 g/mol. The van der Waals surface area contributed by atoms with Crippen LogP contribution in [0.5, 0.6) is 0 Å². The van der Waals surface area contributed by atoms with Crippen molar-refractivity contribution >= 4 is 32.7 Å². The molecule has 3 rings (SSSR count). The molecular weight excluding hydrogens is 330 g/mol. The van der Waals surface area contributed by atoms with Gasteiger partial charge in [-0.1, -0.05) is 0 Å². The zero-order valence-corrected chi connectivity index (χ0v) is 14.4. The molecule has 0 radical (unpaired) electrons. The van der Waals surface area contributed by atoms with Crippen LogP contribution in [-0.2, 0) is 14.6 Å². The molecule has 24 heavy (non-hydrogen) atoms. The van der Waals surface area contributed by atoms with E-state index < -0.39 is 15.8 Å². The van der Waals surface area contributed by atoms with Crippen molar-refractivity contribution in [2.45, 2.75) is 24.7 Å². The second kappa shape index (κ2) is 6.01. The number of aryl methyl sites for hydroxylation is 1. The van der Waals surface area contributed by atoms with Gasteiger partial charge in [-0.15, -0.1) is 0 Å². The van der Waals surface area contributed by atoms with Crippen molar-refractivity contribution in [2.24, 2.45) is 5.92 Å². The summed E-state index contributed by atoms with van der Waals surface area (Å²) < 4.78 is 23.5. The minimum Gasteiger partial charge on any atom is -0.481 e. The van der Waals surface area contributed by atoms with Gasteiger partial charge in [0.1, 0.15) is 0 Å². The summed E-state index contributed by atoms with van der Waals surface area (Å²) in [5.41, 5.74) is 1.36. The zero-order valence-electron chi connectivity index (χ0n) is 13.6. The van der Waals surface area contributed by atoms with Gasteiger partial charge in [-0.25, -0.2) is 18.4 Å². The van der Waals surface area contributed by atoms with Crippen LogP contribution in [-0.4, -0.2) is 48.8 Å². The Morgan fingerprint density at radius 2 is 1.92 bits per heavy atom. The predicted molar refractivity (Wildman–Crippen MR) is 90.0 cm³/mol. The Labute approximate surface area is 140 Å². The molecule has 0 unspecified atom stereocenters. The van der Waals surface area contributed by atoms with Gasteiger partial charge in [-0.2, -0.15) is 0 Å². The molecule has 1 saturated heterocycles. The lowest BCUT2D eigenvalue weighted by molar-refractivity contribution is -0.142. The molecule has 0 saturated carbocycles. The van der Waals surface area contributed by atoms with Crippen molar-refractivity contribution in [1.82, 2.24) is 9.97 Å². The molecule has 1 aromatic heterocycles. The molecule has 1 N–H and O–H groups in total. The highest BCUT2D eigenvalue weighted by Gasteiger charge is 2.26. The maximum absolute atomic E-state index is 11.7. The molecule has 0 aliphatic carbocycles. The first-order chi connectivity index (χ1) is 11.3. The smallest absolute Gasteiger partial charge is 0.306 e. The van der Waals surface area contributed by atoms with E-state index in [1.54, 1.807) is 18.2 Å². The molecule has 0 atom stereocenters. The number of rotatable bonds is 3. The Morgan fingerprint density at radius 1 is 1.25 bits per heavy atom. The van der Waals surface area contributed by atoms with Gasteiger partial charge in [0.15, 0.2) is 9.84 Å². The topological polar surface area (TPSA) is 100 Å². The first-order valence-electron chi connectivity index (χ1n) is 7.72. The van der Waals surface area contributed by atoms with Crippen LogP contribution in [0.2, 0.25) is 0 Å². The maximum atomic E-state index is 11.7. The SMILES string of the molecule is Cc1nc(N2CCC(C(=O)O)CC2)nc2cc(S(C)(=O)=O)ccc12. The number of aromatic nitrogens is 2. The maximum Gasteiger partial charge on any atom is 0.306 e. The number of fused-ring (bicyclic) bond motifs is 1. The first kappa shape index (κ1) is 16.6. The Kier molecular flexibility index (Phi) is 4.16. The van der Waals surface area contributed by atoms with Crippen LogP contribution in [0.3, 0.4) is 0 Å². The number of nitrogens with zero attached hydrogens (tertiary/aromatic N) is 3. The third kappa shape index (κ3) is 3.19. The summed E-state index contributed by atoms with van der Waals surface area (Å²) in [4.78, 5) is 22.2. The van der Waals surface area contributed by atoms with E-state index in [-0.39, 0.29) is 10.8 Å². The largest absolute Gasteiger partial charge is 0.481 e. The fourth-order valence-electron chi connectivity index (χ4n) is 2.95. The van der Waals surface area contributed by atoms with Gasteiger partial charge in [0.2, 0.25) is 5.95 Å². The summed E-state index contributed by atoms with van der Waals surface area (Å²) in [7, 11) is -3.30. The zero-order chi connectivity index (χ0) is 17.5. The van der Waals surface area contributed by atoms with E-state index in [1.165, 1.54) is 6.26 Å². The van der Waals surface area contributed by atoms with Gasteiger partial charge in [0, 0.05) is 24.7 Å². The van der Waals surface area contributed by atoms with Crippen LogP contribution in [0.4, 0.5) is 5.95 Å². The highest BCUT2D eigenvalue weighted by molar-refractivity contribution is 7.90. The molecule has 0 spiro atoms. The third-order valence-corrected chi connectivity index (χ3v) is 5.51. The average molecular weight is 349 g/mol. The van der Waals surface area contributed by atoms with Gasteiger partial charge in [0.05, 0.1) is 22.0 Å². The van der Waals surface area contributed by atoms with E-state index in [9.17, 15) is 13.2 Å². The summed E-state index contributed by atoms with van der Waals surface area (Å²) in [6, 6.07) is 4.85. The number of aliphatic carboxylic acids is 1. The Morgan fingerprint density at radius 3 is 2.50 bits per heavy atom. The summed E-state index contributed by atoms with van der Waals surface area (Å²) in [6.07, 6.45) is 2.28. The van der Waals surface area contributed by atoms with Crippen molar-refractivity contribution < 1.29 is 18.3 Å².